The molecule has 1 aromatic rings. The highest BCUT2D eigenvalue weighted by atomic mass is 32.3. The molecule has 2 fully saturated rings. The highest BCUT2D eigenvalue weighted by Crippen LogP contribution is 2.30. The van der Waals surface area contributed by atoms with Gasteiger partial charge in [-0.1, -0.05) is 18.2 Å². The molecule has 3 rings (SSSR count). The molecule has 2 atom stereocenters. The van der Waals surface area contributed by atoms with Gasteiger partial charge in [-0.25, -0.2) is 4.79 Å². The highest BCUT2D eigenvalue weighted by molar-refractivity contribution is 7.80. The van der Waals surface area contributed by atoms with Gasteiger partial charge in [-0.2, -0.15) is 13.5 Å². The maximum Gasteiger partial charge on any atom is 0.418 e. The summed E-state index contributed by atoms with van der Waals surface area (Å²) in [5, 5.41) is 0.541. The molecular weight excluding hydrogens is 434 g/mol. The Morgan fingerprint density at radius 1 is 1.23 bits per heavy atom. The number of piperidine rings is 1. The summed E-state index contributed by atoms with van der Waals surface area (Å²) in [6.07, 6.45) is 0.432. The van der Waals surface area contributed by atoms with E-state index >= 15 is 0 Å². The minimum Gasteiger partial charge on any atom is -0.492 e. The number of hydroxylamine groups is 2. The van der Waals surface area contributed by atoms with Crippen molar-refractivity contribution >= 4 is 28.2 Å². The molecule has 170 valence electrons. The Bertz CT molecular complexity index is 956. The van der Waals surface area contributed by atoms with Gasteiger partial charge in [0.15, 0.2) is 0 Å². The van der Waals surface area contributed by atoms with Gasteiger partial charge in [-0.3, -0.25) is 25.0 Å². The topological polar surface area (TPSA) is 181 Å². The quantitative estimate of drug-likeness (QED) is 0.273. The first-order valence-electron chi connectivity index (χ1n) is 9.46. The lowest BCUT2D eigenvalue weighted by Crippen LogP contribution is -2.54. The van der Waals surface area contributed by atoms with Gasteiger partial charge in [0.1, 0.15) is 18.4 Å². The van der Waals surface area contributed by atoms with Crippen molar-refractivity contribution < 1.29 is 36.4 Å². The number of nitrogens with one attached hydrogen (secondary N) is 2. The molecule has 0 radical (unpaired) electrons. The number of para-hydroxylation sites is 1. The Labute approximate surface area is 178 Å². The van der Waals surface area contributed by atoms with Crippen LogP contribution >= 0.6 is 0 Å². The molecule has 5 N–H and O–H groups in total. The second-order valence-corrected chi connectivity index (χ2v) is 7.97. The normalized spacial score (nSPS) is 20.5. The minimum atomic E-state index is -4.87. The van der Waals surface area contributed by atoms with Gasteiger partial charge in [0.05, 0.1) is 12.5 Å². The smallest absolute Gasteiger partial charge is 0.418 e. The summed E-state index contributed by atoms with van der Waals surface area (Å²) in [7, 11) is -4.87. The Morgan fingerprint density at radius 2 is 1.97 bits per heavy atom. The summed E-state index contributed by atoms with van der Waals surface area (Å²) in [6, 6.07) is 4.51. The molecule has 2 saturated heterocycles. The number of rotatable bonds is 8. The SMILES string of the molecule is NCCOc1ccccc1CC(=O)NNC(=O)[C@@H]1CCC2CN1C(=O)N2OS(=O)(=O)O. The van der Waals surface area contributed by atoms with Crippen molar-refractivity contribution in [3.8, 4) is 5.75 Å². The molecule has 1 aromatic carbocycles. The van der Waals surface area contributed by atoms with Crippen molar-refractivity contribution in [2.75, 3.05) is 19.7 Å². The first-order valence-corrected chi connectivity index (χ1v) is 10.8. The van der Waals surface area contributed by atoms with Crippen molar-refractivity contribution in [1.29, 1.82) is 0 Å². The lowest BCUT2D eigenvalue weighted by atomic mass is 10.0. The number of fused-ring (bicyclic) bond motifs is 2. The van der Waals surface area contributed by atoms with Gasteiger partial charge in [0, 0.05) is 18.7 Å². The number of benzene rings is 1. The van der Waals surface area contributed by atoms with Crippen LogP contribution in [0.25, 0.3) is 0 Å². The minimum absolute atomic E-state index is 0.0479. The number of urea groups is 1. The van der Waals surface area contributed by atoms with Crippen molar-refractivity contribution in [3.63, 3.8) is 0 Å². The van der Waals surface area contributed by atoms with E-state index in [1.165, 1.54) is 0 Å². The van der Waals surface area contributed by atoms with E-state index in [2.05, 4.69) is 15.1 Å². The number of ether oxygens (including phenoxy) is 1. The molecule has 1 unspecified atom stereocenters. The largest absolute Gasteiger partial charge is 0.492 e. The van der Waals surface area contributed by atoms with Crippen molar-refractivity contribution in [3.05, 3.63) is 29.8 Å². The van der Waals surface area contributed by atoms with Crippen LogP contribution in [0.5, 0.6) is 5.75 Å². The predicted molar refractivity (Wildman–Crippen MR) is 104 cm³/mol. The van der Waals surface area contributed by atoms with Crippen LogP contribution in [-0.4, -0.2) is 72.6 Å². The molecule has 0 spiro atoms. The zero-order valence-electron chi connectivity index (χ0n) is 16.4. The zero-order valence-corrected chi connectivity index (χ0v) is 17.2. The van der Waals surface area contributed by atoms with Crippen LogP contribution in [0.4, 0.5) is 4.79 Å². The van der Waals surface area contributed by atoms with Crippen molar-refractivity contribution in [2.45, 2.75) is 31.3 Å². The second kappa shape index (κ2) is 9.47. The Kier molecular flexibility index (Phi) is 6.94. The maximum atomic E-state index is 12.5. The third kappa shape index (κ3) is 5.61. The summed E-state index contributed by atoms with van der Waals surface area (Å²) >= 11 is 0. The van der Waals surface area contributed by atoms with Crippen molar-refractivity contribution in [2.24, 2.45) is 5.73 Å². The average molecular weight is 457 g/mol. The molecular formula is C17H23N5O8S. The standard InChI is InChI=1S/C17H23N5O8S/c18-7-8-29-14-4-2-1-3-11(14)9-15(23)19-20-16(24)13-6-5-12-10-21(13)17(25)22(12)30-31(26,27)28/h1-4,12-13H,5-10,18H2,(H,19,23)(H,20,24)(H,26,27,28)/t12?,13-/m0/s1. The third-order valence-corrected chi connectivity index (χ3v) is 5.17. The van der Waals surface area contributed by atoms with E-state index in [9.17, 15) is 22.8 Å². The maximum absolute atomic E-state index is 12.5. The molecule has 0 aromatic heterocycles. The van der Waals surface area contributed by atoms with Crippen LogP contribution in [0.15, 0.2) is 24.3 Å². The molecule has 2 aliphatic heterocycles. The molecule has 2 heterocycles. The summed E-state index contributed by atoms with van der Waals surface area (Å²) in [4.78, 5) is 38.2. The molecule has 4 amide bonds. The first-order chi connectivity index (χ1) is 14.7. The molecule has 14 heteroatoms. The fourth-order valence-electron chi connectivity index (χ4n) is 3.50. The van der Waals surface area contributed by atoms with Gasteiger partial charge in [0.2, 0.25) is 5.91 Å². The van der Waals surface area contributed by atoms with Gasteiger partial charge < -0.3 is 15.4 Å². The van der Waals surface area contributed by atoms with Crippen molar-refractivity contribution in [1.82, 2.24) is 20.8 Å². The van der Waals surface area contributed by atoms with Crippen LogP contribution in [-0.2, 0) is 30.7 Å². The number of nitrogens with two attached hydrogens (primary N) is 1. The average Bonchev–Trinajstić information content (AvgIpc) is 2.95. The van der Waals surface area contributed by atoms with E-state index in [0.717, 1.165) is 4.90 Å². The highest BCUT2D eigenvalue weighted by Gasteiger charge is 2.49. The van der Waals surface area contributed by atoms with E-state index in [1.807, 2.05) is 0 Å². The van der Waals surface area contributed by atoms with E-state index in [0.29, 0.717) is 29.5 Å². The number of carbonyl (C=O) groups excluding carboxylic acids is 3. The Balaban J connectivity index is 1.55. The number of nitrogens with zero attached hydrogens (tertiary/aromatic N) is 2. The van der Waals surface area contributed by atoms with E-state index in [-0.39, 0.29) is 25.8 Å². The van der Waals surface area contributed by atoms with E-state index in [1.54, 1.807) is 24.3 Å². The lowest BCUT2D eigenvalue weighted by molar-refractivity contribution is -0.131. The van der Waals surface area contributed by atoms with E-state index in [4.69, 9.17) is 15.0 Å². The van der Waals surface area contributed by atoms with Gasteiger partial charge >= 0.3 is 16.4 Å². The molecule has 2 bridgehead atoms. The fraction of sp³-hybridized carbons (Fsp3) is 0.471. The number of amides is 4. The van der Waals surface area contributed by atoms with Crippen LogP contribution < -0.4 is 21.3 Å². The molecule has 0 aliphatic carbocycles. The van der Waals surface area contributed by atoms with Crippen LogP contribution in [0.3, 0.4) is 0 Å². The predicted octanol–water partition coefficient (Wildman–Crippen LogP) is -1.28. The molecule has 31 heavy (non-hydrogen) atoms. The number of hydrogen-bond donors (Lipinski definition) is 4. The number of hydrogen-bond acceptors (Lipinski definition) is 8. The van der Waals surface area contributed by atoms with Crippen LogP contribution in [0.1, 0.15) is 18.4 Å². The summed E-state index contributed by atoms with van der Waals surface area (Å²) in [5.41, 5.74) is 10.6. The Morgan fingerprint density at radius 3 is 2.68 bits per heavy atom. The molecule has 13 nitrogen and oxygen atoms in total. The summed E-state index contributed by atoms with van der Waals surface area (Å²) in [6.45, 7) is 0.660. The zero-order chi connectivity index (χ0) is 22.6. The monoisotopic (exact) mass is 457 g/mol. The number of hydrazine groups is 1. The fourth-order valence-corrected chi connectivity index (χ4v) is 3.88. The van der Waals surface area contributed by atoms with Gasteiger partial charge in [-0.05, 0) is 18.9 Å². The first kappa shape index (κ1) is 22.7. The molecule has 2 aliphatic rings. The van der Waals surface area contributed by atoms with Gasteiger partial charge in [-0.15, -0.1) is 4.28 Å². The number of carbonyl (C=O) groups is 3. The van der Waals surface area contributed by atoms with Gasteiger partial charge in [0.25, 0.3) is 5.91 Å². The van der Waals surface area contributed by atoms with Crippen LogP contribution in [0, 0.1) is 0 Å². The van der Waals surface area contributed by atoms with E-state index < -0.39 is 40.3 Å². The summed E-state index contributed by atoms with van der Waals surface area (Å²) in [5.74, 6) is -0.634. The summed E-state index contributed by atoms with van der Waals surface area (Å²) < 4.78 is 40.5. The molecule has 0 saturated carbocycles. The lowest BCUT2D eigenvalue weighted by Gasteiger charge is -2.29. The second-order valence-electron chi connectivity index (χ2n) is 6.97. The Hall–Kier alpha value is -2.94. The third-order valence-electron chi connectivity index (χ3n) is 4.82. The van der Waals surface area contributed by atoms with Crippen LogP contribution in [0.2, 0.25) is 0 Å².